The number of nitrogens with one attached hydrogen (secondary N) is 2. The van der Waals surface area contributed by atoms with Crippen LogP contribution in [0.5, 0.6) is 5.75 Å². The van der Waals surface area contributed by atoms with Gasteiger partial charge in [-0.15, -0.1) is 0 Å². The van der Waals surface area contributed by atoms with E-state index in [9.17, 15) is 4.79 Å². The SMILES string of the molecule is CCOC(=O)c1ccc(NC(=S)NC(C)COc2ccccc2)cc1Cl. The van der Waals surface area contributed by atoms with Crippen LogP contribution in [-0.2, 0) is 4.74 Å². The number of rotatable bonds is 7. The molecule has 0 aliphatic carbocycles. The summed E-state index contributed by atoms with van der Waals surface area (Å²) in [6.07, 6.45) is 0. The molecule has 0 radical (unpaired) electrons. The molecule has 1 atom stereocenters. The largest absolute Gasteiger partial charge is 0.491 e. The van der Waals surface area contributed by atoms with Crippen LogP contribution < -0.4 is 15.4 Å². The average molecular weight is 393 g/mol. The van der Waals surface area contributed by atoms with Crippen molar-refractivity contribution in [1.82, 2.24) is 5.32 Å². The highest BCUT2D eigenvalue weighted by molar-refractivity contribution is 7.80. The van der Waals surface area contributed by atoms with Crippen molar-refractivity contribution >= 4 is 40.6 Å². The Morgan fingerprint density at radius 2 is 1.96 bits per heavy atom. The molecule has 0 saturated heterocycles. The topological polar surface area (TPSA) is 59.6 Å². The minimum Gasteiger partial charge on any atom is -0.491 e. The third-order valence-corrected chi connectivity index (χ3v) is 3.88. The van der Waals surface area contributed by atoms with E-state index in [0.29, 0.717) is 34.6 Å². The molecule has 5 nitrogen and oxygen atoms in total. The second kappa shape index (κ2) is 9.99. The van der Waals surface area contributed by atoms with Crippen LogP contribution in [0.4, 0.5) is 5.69 Å². The monoisotopic (exact) mass is 392 g/mol. The number of anilines is 1. The summed E-state index contributed by atoms with van der Waals surface area (Å²) < 4.78 is 10.6. The van der Waals surface area contributed by atoms with Gasteiger partial charge in [0.25, 0.3) is 0 Å². The van der Waals surface area contributed by atoms with Crippen LogP contribution in [0.2, 0.25) is 5.02 Å². The van der Waals surface area contributed by atoms with Gasteiger partial charge in [0, 0.05) is 5.69 Å². The molecule has 0 heterocycles. The molecule has 0 aliphatic rings. The van der Waals surface area contributed by atoms with Gasteiger partial charge in [-0.3, -0.25) is 0 Å². The Hall–Kier alpha value is -2.31. The maximum Gasteiger partial charge on any atom is 0.339 e. The molecule has 0 fully saturated rings. The molecule has 0 saturated carbocycles. The molecule has 0 spiro atoms. The second-order valence-electron chi connectivity index (χ2n) is 5.54. The molecule has 0 aliphatic heterocycles. The van der Waals surface area contributed by atoms with E-state index in [1.807, 2.05) is 37.3 Å². The highest BCUT2D eigenvalue weighted by Crippen LogP contribution is 2.22. The molecule has 2 N–H and O–H groups in total. The van der Waals surface area contributed by atoms with Gasteiger partial charge in [0.1, 0.15) is 12.4 Å². The van der Waals surface area contributed by atoms with E-state index in [0.717, 1.165) is 5.75 Å². The number of carbonyl (C=O) groups is 1. The molecular formula is C19H21ClN2O3S. The molecule has 7 heteroatoms. The Kier molecular flexibility index (Phi) is 7.69. The molecule has 0 bridgehead atoms. The summed E-state index contributed by atoms with van der Waals surface area (Å²) in [5.74, 6) is 0.359. The fourth-order valence-electron chi connectivity index (χ4n) is 2.14. The summed E-state index contributed by atoms with van der Waals surface area (Å²) in [5.41, 5.74) is 0.999. The predicted octanol–water partition coefficient (Wildman–Crippen LogP) is 4.27. The van der Waals surface area contributed by atoms with Crippen LogP contribution in [0, 0.1) is 0 Å². The van der Waals surface area contributed by atoms with Crippen molar-refractivity contribution in [1.29, 1.82) is 0 Å². The zero-order valence-corrected chi connectivity index (χ0v) is 16.2. The first-order valence-electron chi connectivity index (χ1n) is 8.21. The zero-order valence-electron chi connectivity index (χ0n) is 14.6. The Morgan fingerprint density at radius 3 is 2.62 bits per heavy atom. The van der Waals surface area contributed by atoms with E-state index in [2.05, 4.69) is 10.6 Å². The van der Waals surface area contributed by atoms with Gasteiger partial charge in [0.2, 0.25) is 0 Å². The summed E-state index contributed by atoms with van der Waals surface area (Å²) >= 11 is 11.4. The summed E-state index contributed by atoms with van der Waals surface area (Å²) in [5, 5.41) is 6.92. The van der Waals surface area contributed by atoms with Gasteiger partial charge in [0.15, 0.2) is 5.11 Å². The fraction of sp³-hybridized carbons (Fsp3) is 0.263. The number of carbonyl (C=O) groups excluding carboxylic acids is 1. The van der Waals surface area contributed by atoms with Gasteiger partial charge >= 0.3 is 5.97 Å². The molecule has 0 aromatic heterocycles. The second-order valence-corrected chi connectivity index (χ2v) is 6.35. The normalized spacial score (nSPS) is 11.3. The lowest BCUT2D eigenvalue weighted by molar-refractivity contribution is 0.0526. The first kappa shape index (κ1) is 20.0. The average Bonchev–Trinajstić information content (AvgIpc) is 2.61. The van der Waals surface area contributed by atoms with Gasteiger partial charge in [-0.1, -0.05) is 29.8 Å². The third-order valence-electron chi connectivity index (χ3n) is 3.34. The first-order chi connectivity index (χ1) is 12.5. The molecule has 138 valence electrons. The van der Waals surface area contributed by atoms with E-state index in [1.165, 1.54) is 0 Å². The molecule has 26 heavy (non-hydrogen) atoms. The Labute approximate surface area is 163 Å². The molecule has 2 aromatic carbocycles. The van der Waals surface area contributed by atoms with Crippen LogP contribution in [0.15, 0.2) is 48.5 Å². The van der Waals surface area contributed by atoms with Crippen molar-refractivity contribution < 1.29 is 14.3 Å². The summed E-state index contributed by atoms with van der Waals surface area (Å²) in [7, 11) is 0. The van der Waals surface area contributed by atoms with Crippen LogP contribution in [0.3, 0.4) is 0 Å². The Morgan fingerprint density at radius 1 is 1.23 bits per heavy atom. The van der Waals surface area contributed by atoms with Crippen LogP contribution >= 0.6 is 23.8 Å². The van der Waals surface area contributed by atoms with Crippen molar-refractivity contribution in [3.8, 4) is 5.75 Å². The summed E-state index contributed by atoms with van der Waals surface area (Å²) in [4.78, 5) is 11.8. The Balaban J connectivity index is 1.85. The van der Waals surface area contributed by atoms with E-state index in [1.54, 1.807) is 25.1 Å². The number of thiocarbonyl (C=S) groups is 1. The number of hydrogen-bond donors (Lipinski definition) is 2. The highest BCUT2D eigenvalue weighted by Gasteiger charge is 2.12. The van der Waals surface area contributed by atoms with Crippen molar-refractivity contribution in [2.45, 2.75) is 19.9 Å². The van der Waals surface area contributed by atoms with E-state index >= 15 is 0 Å². The predicted molar refractivity (Wildman–Crippen MR) is 108 cm³/mol. The minimum absolute atomic E-state index is 0.00415. The van der Waals surface area contributed by atoms with Crippen LogP contribution in [-0.4, -0.2) is 30.3 Å². The third kappa shape index (κ3) is 6.20. The molecule has 0 amide bonds. The summed E-state index contributed by atoms with van der Waals surface area (Å²) in [6.45, 7) is 4.47. The number of hydrogen-bond acceptors (Lipinski definition) is 4. The number of ether oxygens (including phenoxy) is 2. The maximum atomic E-state index is 11.8. The van der Waals surface area contributed by atoms with Gasteiger partial charge < -0.3 is 20.1 Å². The molecular weight excluding hydrogens is 372 g/mol. The maximum absolute atomic E-state index is 11.8. The number of benzene rings is 2. The smallest absolute Gasteiger partial charge is 0.339 e. The quantitative estimate of drug-likeness (QED) is 0.542. The van der Waals surface area contributed by atoms with E-state index < -0.39 is 5.97 Å². The Bertz CT molecular complexity index is 756. The van der Waals surface area contributed by atoms with Crippen molar-refractivity contribution in [2.24, 2.45) is 0 Å². The lowest BCUT2D eigenvalue weighted by atomic mass is 10.2. The van der Waals surface area contributed by atoms with E-state index in [4.69, 9.17) is 33.3 Å². The van der Waals surface area contributed by atoms with E-state index in [-0.39, 0.29) is 6.04 Å². The first-order valence-corrected chi connectivity index (χ1v) is 9.00. The number of halogens is 1. The lowest BCUT2D eigenvalue weighted by Crippen LogP contribution is -2.39. The van der Waals surface area contributed by atoms with Crippen LogP contribution in [0.25, 0.3) is 0 Å². The van der Waals surface area contributed by atoms with Gasteiger partial charge in [-0.25, -0.2) is 4.79 Å². The number of esters is 1. The zero-order chi connectivity index (χ0) is 18.9. The van der Waals surface area contributed by atoms with Crippen molar-refractivity contribution in [2.75, 3.05) is 18.5 Å². The van der Waals surface area contributed by atoms with Gasteiger partial charge in [0.05, 0.1) is 23.2 Å². The highest BCUT2D eigenvalue weighted by atomic mass is 35.5. The molecule has 1 unspecified atom stereocenters. The molecule has 2 aromatic rings. The van der Waals surface area contributed by atoms with Gasteiger partial charge in [-0.2, -0.15) is 0 Å². The molecule has 2 rings (SSSR count). The number of para-hydroxylation sites is 1. The lowest BCUT2D eigenvalue weighted by Gasteiger charge is -2.18. The van der Waals surface area contributed by atoms with Crippen molar-refractivity contribution in [3.05, 3.63) is 59.1 Å². The summed E-state index contributed by atoms with van der Waals surface area (Å²) in [6, 6.07) is 14.5. The standard InChI is InChI=1S/C19H21ClN2O3S/c1-3-24-18(23)16-10-9-14(11-17(16)20)22-19(26)21-13(2)12-25-15-7-5-4-6-8-15/h4-11,13H,3,12H2,1-2H3,(H2,21,22,26). The van der Waals surface area contributed by atoms with Gasteiger partial charge in [-0.05, 0) is 56.4 Å². The van der Waals surface area contributed by atoms with Crippen molar-refractivity contribution in [3.63, 3.8) is 0 Å². The van der Waals surface area contributed by atoms with Crippen LogP contribution in [0.1, 0.15) is 24.2 Å². The minimum atomic E-state index is -0.448. The fourth-order valence-corrected chi connectivity index (χ4v) is 2.71.